The molecule has 0 aliphatic carbocycles. The van der Waals surface area contributed by atoms with Crippen molar-refractivity contribution >= 4 is 5.97 Å². The first-order valence-electron chi connectivity index (χ1n) is 5.79. The fourth-order valence-electron chi connectivity index (χ4n) is 2.44. The molecule has 3 nitrogen and oxygen atoms in total. The lowest BCUT2D eigenvalue weighted by Crippen LogP contribution is -2.32. The van der Waals surface area contributed by atoms with E-state index in [1.54, 1.807) is 0 Å². The van der Waals surface area contributed by atoms with Crippen molar-refractivity contribution < 1.29 is 14.3 Å². The van der Waals surface area contributed by atoms with Crippen molar-refractivity contribution in [2.24, 2.45) is 11.3 Å². The molecule has 1 aliphatic heterocycles. The highest BCUT2D eigenvalue weighted by Gasteiger charge is 2.34. The van der Waals surface area contributed by atoms with Gasteiger partial charge >= 0.3 is 5.97 Å². The largest absolute Gasteiger partial charge is 0.469 e. The third kappa shape index (κ3) is 3.20. The Morgan fingerprint density at radius 3 is 2.53 bits per heavy atom. The lowest BCUT2D eigenvalue weighted by atomic mass is 9.72. The number of carbonyl (C=O) groups excluding carboxylic acids is 1. The fraction of sp³-hybridized carbons (Fsp3) is 0.917. The van der Waals surface area contributed by atoms with Crippen LogP contribution in [0.4, 0.5) is 0 Å². The van der Waals surface area contributed by atoms with Crippen LogP contribution in [0, 0.1) is 11.3 Å². The molecule has 1 unspecified atom stereocenters. The van der Waals surface area contributed by atoms with Crippen LogP contribution < -0.4 is 0 Å². The minimum Gasteiger partial charge on any atom is -0.469 e. The Morgan fingerprint density at radius 2 is 2.07 bits per heavy atom. The van der Waals surface area contributed by atoms with Gasteiger partial charge in [0.1, 0.15) is 0 Å². The predicted octanol–water partition coefficient (Wildman–Crippen LogP) is 2.39. The quantitative estimate of drug-likeness (QED) is 0.674. The van der Waals surface area contributed by atoms with E-state index in [9.17, 15) is 4.79 Å². The molecule has 0 aromatic rings. The SMILES string of the molecule is CCC1(CC(C)C(=O)OC)CCOCC1. The summed E-state index contributed by atoms with van der Waals surface area (Å²) >= 11 is 0. The van der Waals surface area contributed by atoms with E-state index in [0.717, 1.165) is 38.9 Å². The van der Waals surface area contributed by atoms with Gasteiger partial charge in [0.05, 0.1) is 13.0 Å². The Bertz CT molecular complexity index is 207. The number of methoxy groups -OCH3 is 1. The van der Waals surface area contributed by atoms with Gasteiger partial charge in [0.15, 0.2) is 0 Å². The standard InChI is InChI=1S/C12H22O3/c1-4-12(5-7-15-8-6-12)9-10(2)11(13)14-3/h10H,4-9H2,1-3H3. The van der Waals surface area contributed by atoms with Crippen LogP contribution in [0.15, 0.2) is 0 Å². The van der Waals surface area contributed by atoms with E-state index in [0.29, 0.717) is 5.41 Å². The number of rotatable bonds is 4. The van der Waals surface area contributed by atoms with Gasteiger partial charge in [-0.25, -0.2) is 0 Å². The molecule has 1 fully saturated rings. The lowest BCUT2D eigenvalue weighted by Gasteiger charge is -2.37. The Kier molecular flexibility index (Phi) is 4.58. The number of carbonyl (C=O) groups is 1. The fourth-order valence-corrected chi connectivity index (χ4v) is 2.44. The molecule has 0 bridgehead atoms. The van der Waals surface area contributed by atoms with Crippen molar-refractivity contribution in [3.05, 3.63) is 0 Å². The molecule has 0 spiro atoms. The van der Waals surface area contributed by atoms with Gasteiger partial charge in [-0.2, -0.15) is 0 Å². The number of hydrogen-bond donors (Lipinski definition) is 0. The van der Waals surface area contributed by atoms with Crippen molar-refractivity contribution in [2.75, 3.05) is 20.3 Å². The monoisotopic (exact) mass is 214 g/mol. The second kappa shape index (κ2) is 5.50. The topological polar surface area (TPSA) is 35.5 Å². The molecular formula is C12H22O3. The molecule has 0 amide bonds. The van der Waals surface area contributed by atoms with Crippen LogP contribution in [0.3, 0.4) is 0 Å². The summed E-state index contributed by atoms with van der Waals surface area (Å²) in [5.74, 6) is -0.0811. The molecule has 1 atom stereocenters. The second-order valence-corrected chi connectivity index (χ2v) is 4.59. The maximum Gasteiger partial charge on any atom is 0.308 e. The highest BCUT2D eigenvalue weighted by Crippen LogP contribution is 2.40. The first-order chi connectivity index (χ1) is 7.13. The summed E-state index contributed by atoms with van der Waals surface area (Å²) in [6.45, 7) is 5.83. The molecule has 88 valence electrons. The highest BCUT2D eigenvalue weighted by molar-refractivity contribution is 5.71. The number of hydrogen-bond acceptors (Lipinski definition) is 3. The Hall–Kier alpha value is -0.570. The highest BCUT2D eigenvalue weighted by atomic mass is 16.5. The van der Waals surface area contributed by atoms with Gasteiger partial charge in [-0.05, 0) is 24.7 Å². The van der Waals surface area contributed by atoms with Crippen LogP contribution in [-0.2, 0) is 14.3 Å². The van der Waals surface area contributed by atoms with Gasteiger partial charge in [-0.15, -0.1) is 0 Å². The number of esters is 1. The van der Waals surface area contributed by atoms with Crippen LogP contribution in [-0.4, -0.2) is 26.3 Å². The van der Waals surface area contributed by atoms with E-state index in [2.05, 4.69) is 6.92 Å². The Labute approximate surface area is 92.1 Å². The summed E-state index contributed by atoms with van der Waals surface area (Å²) in [7, 11) is 1.46. The molecule has 3 heteroatoms. The molecule has 1 heterocycles. The lowest BCUT2D eigenvalue weighted by molar-refractivity contribution is -0.146. The summed E-state index contributed by atoms with van der Waals surface area (Å²) in [6.07, 6.45) is 4.20. The third-order valence-corrected chi connectivity index (χ3v) is 3.65. The van der Waals surface area contributed by atoms with Crippen LogP contribution >= 0.6 is 0 Å². The van der Waals surface area contributed by atoms with Crippen molar-refractivity contribution in [3.8, 4) is 0 Å². The zero-order valence-electron chi connectivity index (χ0n) is 10.0. The van der Waals surface area contributed by atoms with Gasteiger partial charge in [-0.1, -0.05) is 20.3 Å². The van der Waals surface area contributed by atoms with Crippen LogP contribution in [0.1, 0.15) is 39.5 Å². The first kappa shape index (κ1) is 12.5. The van der Waals surface area contributed by atoms with E-state index in [4.69, 9.17) is 9.47 Å². The molecule has 1 rings (SSSR count). The zero-order chi connectivity index (χ0) is 11.3. The average molecular weight is 214 g/mol. The Morgan fingerprint density at radius 1 is 1.47 bits per heavy atom. The van der Waals surface area contributed by atoms with E-state index in [1.165, 1.54) is 7.11 Å². The smallest absolute Gasteiger partial charge is 0.308 e. The molecule has 0 aromatic carbocycles. The van der Waals surface area contributed by atoms with Gasteiger partial charge in [0, 0.05) is 13.2 Å². The third-order valence-electron chi connectivity index (χ3n) is 3.65. The first-order valence-corrected chi connectivity index (χ1v) is 5.79. The van der Waals surface area contributed by atoms with Crippen LogP contribution in [0.2, 0.25) is 0 Å². The van der Waals surface area contributed by atoms with E-state index >= 15 is 0 Å². The van der Waals surface area contributed by atoms with Gasteiger partial charge in [-0.3, -0.25) is 4.79 Å². The summed E-state index contributed by atoms with van der Waals surface area (Å²) in [5.41, 5.74) is 0.297. The maximum absolute atomic E-state index is 11.4. The Balaban J connectivity index is 2.54. The van der Waals surface area contributed by atoms with Gasteiger partial charge in [0.2, 0.25) is 0 Å². The van der Waals surface area contributed by atoms with Crippen LogP contribution in [0.5, 0.6) is 0 Å². The molecular weight excluding hydrogens is 192 g/mol. The molecule has 0 aromatic heterocycles. The minimum atomic E-state index is -0.0886. The van der Waals surface area contributed by atoms with Gasteiger partial charge < -0.3 is 9.47 Å². The summed E-state index contributed by atoms with van der Waals surface area (Å²) < 4.78 is 10.2. The molecule has 0 N–H and O–H groups in total. The molecule has 0 saturated carbocycles. The van der Waals surface area contributed by atoms with Gasteiger partial charge in [0.25, 0.3) is 0 Å². The summed E-state index contributed by atoms with van der Waals surface area (Å²) in [6, 6.07) is 0. The van der Waals surface area contributed by atoms with E-state index in [1.807, 2.05) is 6.92 Å². The zero-order valence-corrected chi connectivity index (χ0v) is 10.0. The van der Waals surface area contributed by atoms with Crippen molar-refractivity contribution in [3.63, 3.8) is 0 Å². The van der Waals surface area contributed by atoms with Crippen molar-refractivity contribution in [1.29, 1.82) is 0 Å². The summed E-state index contributed by atoms with van der Waals surface area (Å²) in [4.78, 5) is 11.4. The molecule has 1 aliphatic rings. The minimum absolute atomic E-state index is 0.00745. The molecule has 0 radical (unpaired) electrons. The second-order valence-electron chi connectivity index (χ2n) is 4.59. The van der Waals surface area contributed by atoms with E-state index < -0.39 is 0 Å². The van der Waals surface area contributed by atoms with Crippen molar-refractivity contribution in [1.82, 2.24) is 0 Å². The summed E-state index contributed by atoms with van der Waals surface area (Å²) in [5, 5.41) is 0. The van der Waals surface area contributed by atoms with Crippen LogP contribution in [0.25, 0.3) is 0 Å². The average Bonchev–Trinajstić information content (AvgIpc) is 2.29. The molecule has 1 saturated heterocycles. The van der Waals surface area contributed by atoms with Crippen molar-refractivity contribution in [2.45, 2.75) is 39.5 Å². The van der Waals surface area contributed by atoms with E-state index in [-0.39, 0.29) is 11.9 Å². The maximum atomic E-state index is 11.4. The number of ether oxygens (including phenoxy) is 2. The predicted molar refractivity (Wildman–Crippen MR) is 58.6 cm³/mol. The molecule has 15 heavy (non-hydrogen) atoms. The normalized spacial score (nSPS) is 22.1.